The van der Waals surface area contributed by atoms with E-state index in [0.717, 1.165) is 17.7 Å². The van der Waals surface area contributed by atoms with E-state index < -0.39 is 56.9 Å². The Morgan fingerprint density at radius 2 is 1.52 bits per heavy atom. The van der Waals surface area contributed by atoms with Crippen LogP contribution in [0.2, 0.25) is 15.1 Å². The van der Waals surface area contributed by atoms with Crippen LogP contribution in [0, 0.1) is 6.92 Å². The van der Waals surface area contributed by atoms with Crippen molar-refractivity contribution in [2.75, 3.05) is 10.8 Å². The molecule has 44 heavy (non-hydrogen) atoms. The number of hydrogen-bond acceptors (Lipinski definition) is 4. The van der Waals surface area contributed by atoms with Gasteiger partial charge >= 0.3 is 6.18 Å². The molecular weight excluding hydrogens is 662 g/mol. The van der Waals surface area contributed by atoms with Crippen molar-refractivity contribution in [1.29, 1.82) is 0 Å². The fourth-order valence-corrected chi connectivity index (χ4v) is 6.34. The smallest absolute Gasteiger partial charge is 0.352 e. The molecule has 238 valence electrons. The molecule has 7 nitrogen and oxygen atoms in total. The number of carbonyl (C=O) groups is 2. The maximum atomic E-state index is 14.1. The summed E-state index contributed by atoms with van der Waals surface area (Å²) in [6, 6.07) is 11.5. The van der Waals surface area contributed by atoms with Gasteiger partial charge in [-0.05, 0) is 75.2 Å². The zero-order valence-corrected chi connectivity index (χ0v) is 27.3. The van der Waals surface area contributed by atoms with Gasteiger partial charge in [-0.3, -0.25) is 13.9 Å². The number of aryl methyl sites for hydroxylation is 1. The van der Waals surface area contributed by atoms with Gasteiger partial charge in [0, 0.05) is 12.6 Å². The highest BCUT2D eigenvalue weighted by Crippen LogP contribution is 2.38. The molecule has 0 heterocycles. The highest BCUT2D eigenvalue weighted by molar-refractivity contribution is 7.92. The number of benzene rings is 3. The predicted octanol–water partition coefficient (Wildman–Crippen LogP) is 7.50. The second-order valence-electron chi connectivity index (χ2n) is 10.3. The van der Waals surface area contributed by atoms with Crippen molar-refractivity contribution >= 4 is 62.3 Å². The third-order valence-corrected chi connectivity index (χ3v) is 9.44. The Balaban J connectivity index is 2.17. The van der Waals surface area contributed by atoms with E-state index in [1.165, 1.54) is 41.3 Å². The average molecular weight is 693 g/mol. The second-order valence-corrected chi connectivity index (χ2v) is 13.4. The molecule has 14 heteroatoms. The zero-order chi connectivity index (χ0) is 33.0. The summed E-state index contributed by atoms with van der Waals surface area (Å²) in [6.45, 7) is 5.79. The number of carbonyl (C=O) groups excluding carboxylic acids is 2. The predicted molar refractivity (Wildman–Crippen MR) is 167 cm³/mol. The van der Waals surface area contributed by atoms with Gasteiger partial charge in [0.25, 0.3) is 10.0 Å². The fourth-order valence-electron chi connectivity index (χ4n) is 4.39. The minimum Gasteiger partial charge on any atom is -0.352 e. The largest absolute Gasteiger partial charge is 0.417 e. The van der Waals surface area contributed by atoms with E-state index >= 15 is 0 Å². The van der Waals surface area contributed by atoms with Gasteiger partial charge in [0.05, 0.1) is 31.2 Å². The van der Waals surface area contributed by atoms with E-state index in [4.69, 9.17) is 34.8 Å². The zero-order valence-electron chi connectivity index (χ0n) is 24.3. The van der Waals surface area contributed by atoms with Crippen molar-refractivity contribution in [2.45, 2.75) is 63.8 Å². The molecule has 0 spiro atoms. The molecule has 1 atom stereocenters. The van der Waals surface area contributed by atoms with Gasteiger partial charge in [-0.25, -0.2) is 8.42 Å². The first kappa shape index (κ1) is 35.5. The summed E-state index contributed by atoms with van der Waals surface area (Å²) in [5, 5.41) is 2.58. The van der Waals surface area contributed by atoms with Crippen molar-refractivity contribution in [3.8, 4) is 0 Å². The number of alkyl halides is 3. The van der Waals surface area contributed by atoms with Gasteiger partial charge in [-0.2, -0.15) is 13.2 Å². The summed E-state index contributed by atoms with van der Waals surface area (Å²) in [4.78, 5) is 28.2. The third kappa shape index (κ3) is 8.59. The Bertz CT molecular complexity index is 1620. The van der Waals surface area contributed by atoms with E-state index in [1.54, 1.807) is 33.8 Å². The molecule has 0 aromatic heterocycles. The Morgan fingerprint density at radius 3 is 2.07 bits per heavy atom. The fraction of sp³-hybridized carbons (Fsp3) is 0.333. The molecule has 0 aliphatic carbocycles. The third-order valence-electron chi connectivity index (χ3n) is 6.58. The lowest BCUT2D eigenvalue weighted by atomic mass is 10.1. The molecule has 0 radical (unpaired) electrons. The molecule has 0 bridgehead atoms. The van der Waals surface area contributed by atoms with Crippen molar-refractivity contribution in [1.82, 2.24) is 10.2 Å². The molecule has 0 aliphatic rings. The maximum Gasteiger partial charge on any atom is 0.417 e. The van der Waals surface area contributed by atoms with Crippen LogP contribution in [0.1, 0.15) is 43.9 Å². The normalized spacial score (nSPS) is 12.6. The summed E-state index contributed by atoms with van der Waals surface area (Å²) in [5.41, 5.74) is -0.483. The molecule has 0 saturated carbocycles. The molecule has 3 aromatic rings. The SMILES string of the molecule is CC[C@H](C(=O)NC(C)C)N(Cc1ccc(Cl)c(Cl)c1)C(=O)CN(c1ccc(Cl)c(C(F)(F)F)c1)S(=O)(=O)c1ccc(C)cc1. The number of nitrogens with zero attached hydrogens (tertiary/aromatic N) is 2. The molecule has 0 aliphatic heterocycles. The summed E-state index contributed by atoms with van der Waals surface area (Å²) < 4.78 is 69.9. The van der Waals surface area contributed by atoms with Crippen LogP contribution in [0.5, 0.6) is 0 Å². The van der Waals surface area contributed by atoms with Crippen molar-refractivity contribution < 1.29 is 31.2 Å². The van der Waals surface area contributed by atoms with Crippen LogP contribution in [0.25, 0.3) is 0 Å². The summed E-state index contributed by atoms with van der Waals surface area (Å²) in [6.07, 6.45) is -4.76. The van der Waals surface area contributed by atoms with Gasteiger partial charge in [0.15, 0.2) is 0 Å². The van der Waals surface area contributed by atoms with Crippen LogP contribution >= 0.6 is 34.8 Å². The van der Waals surface area contributed by atoms with E-state index in [2.05, 4.69) is 5.32 Å². The van der Waals surface area contributed by atoms with Gasteiger partial charge in [0.1, 0.15) is 12.6 Å². The Labute approximate surface area is 269 Å². The van der Waals surface area contributed by atoms with Crippen LogP contribution in [0.3, 0.4) is 0 Å². The minimum absolute atomic E-state index is 0.148. The number of sulfonamides is 1. The van der Waals surface area contributed by atoms with Crippen molar-refractivity contribution in [3.63, 3.8) is 0 Å². The Kier molecular flexibility index (Phi) is 11.6. The molecule has 3 aromatic carbocycles. The lowest BCUT2D eigenvalue weighted by Gasteiger charge is -2.33. The number of anilines is 1. The van der Waals surface area contributed by atoms with Gasteiger partial charge < -0.3 is 10.2 Å². The number of amides is 2. The van der Waals surface area contributed by atoms with Crippen molar-refractivity contribution in [2.24, 2.45) is 0 Å². The molecule has 0 unspecified atom stereocenters. The summed E-state index contributed by atoms with van der Waals surface area (Å²) in [5.74, 6) is -1.34. The highest BCUT2D eigenvalue weighted by atomic mass is 35.5. The van der Waals surface area contributed by atoms with E-state index in [0.29, 0.717) is 15.9 Å². The molecular formula is C30H31Cl3F3N3O4S. The minimum atomic E-state index is -4.90. The van der Waals surface area contributed by atoms with E-state index in [1.807, 2.05) is 0 Å². The Hall–Kier alpha value is -2.99. The maximum absolute atomic E-state index is 14.1. The van der Waals surface area contributed by atoms with E-state index in [-0.39, 0.29) is 33.9 Å². The first-order chi connectivity index (χ1) is 20.4. The topological polar surface area (TPSA) is 86.8 Å². The Morgan fingerprint density at radius 1 is 0.909 bits per heavy atom. The second kappa shape index (κ2) is 14.4. The van der Waals surface area contributed by atoms with Crippen molar-refractivity contribution in [3.05, 3.63) is 92.4 Å². The number of nitrogens with one attached hydrogen (secondary N) is 1. The standard InChI is InChI=1S/C30H31Cl3F3N3O4S/c1-5-27(29(41)37-18(2)3)38(16-20-8-12-25(32)26(33)14-20)28(40)17-39(44(42,43)22-10-6-19(4)7-11-22)21-9-13-24(31)23(15-21)30(34,35)36/h6-15,18,27H,5,16-17H2,1-4H3,(H,37,41)/t27-/m1/s1. The molecule has 2 amide bonds. The summed E-state index contributed by atoms with van der Waals surface area (Å²) in [7, 11) is -4.60. The number of hydrogen-bond donors (Lipinski definition) is 1. The van der Waals surface area contributed by atoms with Crippen LogP contribution in [-0.2, 0) is 32.3 Å². The lowest BCUT2D eigenvalue weighted by molar-refractivity contribution is -0.140. The van der Waals surface area contributed by atoms with Gasteiger partial charge in [-0.15, -0.1) is 0 Å². The summed E-state index contributed by atoms with van der Waals surface area (Å²) >= 11 is 18.0. The van der Waals surface area contributed by atoms with Crippen LogP contribution < -0.4 is 9.62 Å². The number of rotatable bonds is 11. The van der Waals surface area contributed by atoms with Gasteiger partial charge in [0.2, 0.25) is 11.8 Å². The molecule has 3 rings (SSSR count). The lowest BCUT2D eigenvalue weighted by Crippen LogP contribution is -2.53. The van der Waals surface area contributed by atoms with Crippen LogP contribution in [0.4, 0.5) is 18.9 Å². The quantitative estimate of drug-likeness (QED) is 0.226. The molecule has 0 saturated heterocycles. The molecule has 0 fully saturated rings. The van der Waals surface area contributed by atoms with Gasteiger partial charge in [-0.1, -0.05) is 65.5 Å². The van der Waals surface area contributed by atoms with E-state index in [9.17, 15) is 31.2 Å². The highest BCUT2D eigenvalue weighted by Gasteiger charge is 2.37. The van der Waals surface area contributed by atoms with Crippen LogP contribution in [0.15, 0.2) is 65.6 Å². The first-order valence-corrected chi connectivity index (χ1v) is 16.0. The monoisotopic (exact) mass is 691 g/mol. The number of halogens is 6. The van der Waals surface area contributed by atoms with Crippen LogP contribution in [-0.4, -0.2) is 43.8 Å². The first-order valence-electron chi connectivity index (χ1n) is 13.5. The average Bonchev–Trinajstić information content (AvgIpc) is 2.93. The molecule has 1 N–H and O–H groups in total.